The van der Waals surface area contributed by atoms with Crippen LogP contribution in [0.15, 0.2) is 24.3 Å². The molecule has 4 heteroatoms. The van der Waals surface area contributed by atoms with Gasteiger partial charge in [0, 0.05) is 24.5 Å². The summed E-state index contributed by atoms with van der Waals surface area (Å²) in [7, 11) is 0. The van der Waals surface area contributed by atoms with E-state index in [-0.39, 0.29) is 0 Å². The molecule has 0 bridgehead atoms. The molecule has 90 valence electrons. The van der Waals surface area contributed by atoms with Gasteiger partial charge in [0.15, 0.2) is 0 Å². The Morgan fingerprint density at radius 2 is 2.00 bits per heavy atom. The summed E-state index contributed by atoms with van der Waals surface area (Å²) in [5.74, 6) is 0.900. The van der Waals surface area contributed by atoms with Crippen LogP contribution in [-0.2, 0) is 6.42 Å². The number of nitrogens with zero attached hydrogens (tertiary/aromatic N) is 2. The fourth-order valence-corrected chi connectivity index (χ4v) is 2.13. The Labute approximate surface area is 106 Å². The first kappa shape index (κ1) is 12.0. The highest BCUT2D eigenvalue weighted by Gasteiger charge is 2.04. The van der Waals surface area contributed by atoms with Crippen molar-refractivity contribution in [2.24, 2.45) is 0 Å². The molecule has 0 atom stereocenters. The maximum atomic E-state index is 4.46. The summed E-state index contributed by atoms with van der Waals surface area (Å²) in [4.78, 5) is 4.46. The Bertz CT molecular complexity index is 462. The smallest absolute Gasteiger partial charge is 0.202 e. The summed E-state index contributed by atoms with van der Waals surface area (Å²) in [6.07, 6.45) is 1.91. The van der Waals surface area contributed by atoms with Gasteiger partial charge >= 0.3 is 0 Å². The molecule has 2 rings (SSSR count). The summed E-state index contributed by atoms with van der Waals surface area (Å²) in [6.45, 7) is 5.19. The normalized spacial score (nSPS) is 10.5. The minimum Gasteiger partial charge on any atom is -0.360 e. The zero-order chi connectivity index (χ0) is 12.1. The molecule has 0 amide bonds. The first-order valence-electron chi connectivity index (χ1n) is 5.90. The Morgan fingerprint density at radius 3 is 2.71 bits per heavy atom. The number of nitrogens with one attached hydrogen (secondary N) is 1. The standard InChI is InChI=1S/C13H17N3S/c1-3-8-14-13-15-12(16-17-13)9-11-6-4-10(2)5-7-11/h4-7H,3,8-9H2,1-2H3,(H,14,15,16). The van der Waals surface area contributed by atoms with Crippen molar-refractivity contribution in [2.45, 2.75) is 26.7 Å². The average Bonchev–Trinajstić information content (AvgIpc) is 2.77. The zero-order valence-corrected chi connectivity index (χ0v) is 11.0. The molecule has 0 fully saturated rings. The minimum absolute atomic E-state index is 0.810. The molecule has 1 N–H and O–H groups in total. The summed E-state index contributed by atoms with van der Waals surface area (Å²) in [5.41, 5.74) is 2.54. The van der Waals surface area contributed by atoms with Gasteiger partial charge in [-0.1, -0.05) is 36.8 Å². The van der Waals surface area contributed by atoms with Gasteiger partial charge in [0.05, 0.1) is 0 Å². The third kappa shape index (κ3) is 3.53. The summed E-state index contributed by atoms with van der Waals surface area (Å²) < 4.78 is 4.35. The van der Waals surface area contributed by atoms with E-state index in [0.29, 0.717) is 0 Å². The molecule has 2 aromatic rings. The van der Waals surface area contributed by atoms with Crippen molar-refractivity contribution in [3.05, 3.63) is 41.2 Å². The summed E-state index contributed by atoms with van der Waals surface area (Å²) >= 11 is 1.44. The lowest BCUT2D eigenvalue weighted by molar-refractivity contribution is 0.966. The van der Waals surface area contributed by atoms with Crippen molar-refractivity contribution >= 4 is 16.7 Å². The SMILES string of the molecule is CCCNc1nc(Cc2ccc(C)cc2)ns1. The van der Waals surface area contributed by atoms with Gasteiger partial charge in [0.2, 0.25) is 5.13 Å². The molecule has 1 heterocycles. The molecule has 17 heavy (non-hydrogen) atoms. The van der Waals surface area contributed by atoms with E-state index in [1.807, 2.05) is 0 Å². The van der Waals surface area contributed by atoms with E-state index < -0.39 is 0 Å². The van der Waals surface area contributed by atoms with Crippen molar-refractivity contribution in [3.8, 4) is 0 Å². The Balaban J connectivity index is 1.98. The van der Waals surface area contributed by atoms with Crippen molar-refractivity contribution in [1.29, 1.82) is 0 Å². The van der Waals surface area contributed by atoms with Crippen LogP contribution in [0, 0.1) is 6.92 Å². The number of benzene rings is 1. The Hall–Kier alpha value is -1.42. The molecule has 0 radical (unpaired) electrons. The van der Waals surface area contributed by atoms with Crippen molar-refractivity contribution in [3.63, 3.8) is 0 Å². The third-order valence-corrected chi connectivity index (χ3v) is 3.19. The minimum atomic E-state index is 0.810. The molecule has 1 aromatic carbocycles. The van der Waals surface area contributed by atoms with E-state index >= 15 is 0 Å². The molecule has 0 saturated carbocycles. The molecular weight excluding hydrogens is 230 g/mol. The van der Waals surface area contributed by atoms with Crippen molar-refractivity contribution in [1.82, 2.24) is 9.36 Å². The Kier molecular flexibility index (Phi) is 4.09. The predicted molar refractivity (Wildman–Crippen MR) is 72.7 cm³/mol. The van der Waals surface area contributed by atoms with Gasteiger partial charge in [0.25, 0.3) is 0 Å². The molecule has 0 unspecified atom stereocenters. The molecule has 0 saturated heterocycles. The van der Waals surface area contributed by atoms with Gasteiger partial charge < -0.3 is 5.32 Å². The molecule has 0 spiro atoms. The number of aryl methyl sites for hydroxylation is 1. The topological polar surface area (TPSA) is 37.8 Å². The molecule has 0 aliphatic carbocycles. The van der Waals surface area contributed by atoms with Crippen LogP contribution in [0.4, 0.5) is 5.13 Å². The predicted octanol–water partition coefficient (Wildman–Crippen LogP) is 3.26. The third-order valence-electron chi connectivity index (χ3n) is 2.48. The largest absolute Gasteiger partial charge is 0.360 e. The lowest BCUT2D eigenvalue weighted by Gasteiger charge is -1.98. The number of hydrogen-bond acceptors (Lipinski definition) is 4. The Morgan fingerprint density at radius 1 is 1.24 bits per heavy atom. The highest BCUT2D eigenvalue weighted by Crippen LogP contribution is 2.14. The monoisotopic (exact) mass is 247 g/mol. The van der Waals surface area contributed by atoms with Gasteiger partial charge in [-0.15, -0.1) is 0 Å². The van der Waals surface area contributed by atoms with Crippen LogP contribution in [-0.4, -0.2) is 15.9 Å². The number of rotatable bonds is 5. The number of anilines is 1. The van der Waals surface area contributed by atoms with Crippen molar-refractivity contribution in [2.75, 3.05) is 11.9 Å². The van der Waals surface area contributed by atoms with E-state index in [9.17, 15) is 0 Å². The van der Waals surface area contributed by atoms with E-state index in [4.69, 9.17) is 0 Å². The molecule has 0 aliphatic heterocycles. The summed E-state index contributed by atoms with van der Waals surface area (Å²) in [6, 6.07) is 8.51. The fourth-order valence-electron chi connectivity index (χ4n) is 1.52. The fraction of sp³-hybridized carbons (Fsp3) is 0.385. The van der Waals surface area contributed by atoms with E-state index in [1.54, 1.807) is 0 Å². The van der Waals surface area contributed by atoms with Crippen LogP contribution in [0.1, 0.15) is 30.3 Å². The zero-order valence-electron chi connectivity index (χ0n) is 10.2. The van der Waals surface area contributed by atoms with Crippen LogP contribution in [0.5, 0.6) is 0 Å². The highest BCUT2D eigenvalue weighted by molar-refractivity contribution is 7.09. The second-order valence-corrected chi connectivity index (χ2v) is 4.86. The van der Waals surface area contributed by atoms with Gasteiger partial charge in [-0.3, -0.25) is 0 Å². The van der Waals surface area contributed by atoms with E-state index in [2.05, 4.69) is 52.8 Å². The first-order valence-corrected chi connectivity index (χ1v) is 6.67. The van der Waals surface area contributed by atoms with Crippen LogP contribution in [0.3, 0.4) is 0 Å². The van der Waals surface area contributed by atoms with Crippen LogP contribution < -0.4 is 5.32 Å². The van der Waals surface area contributed by atoms with Gasteiger partial charge in [-0.25, -0.2) is 4.98 Å². The molecule has 0 aliphatic rings. The van der Waals surface area contributed by atoms with Crippen LogP contribution in [0.25, 0.3) is 0 Å². The van der Waals surface area contributed by atoms with Crippen LogP contribution in [0.2, 0.25) is 0 Å². The second-order valence-electron chi connectivity index (χ2n) is 4.10. The number of aromatic nitrogens is 2. The summed E-state index contributed by atoms with van der Waals surface area (Å²) in [5, 5.41) is 4.18. The average molecular weight is 247 g/mol. The molecule has 3 nitrogen and oxygen atoms in total. The molecular formula is C13H17N3S. The lowest BCUT2D eigenvalue weighted by atomic mass is 10.1. The maximum Gasteiger partial charge on any atom is 0.202 e. The van der Waals surface area contributed by atoms with Gasteiger partial charge in [-0.2, -0.15) is 4.37 Å². The van der Waals surface area contributed by atoms with E-state index in [1.165, 1.54) is 22.7 Å². The van der Waals surface area contributed by atoms with Crippen LogP contribution >= 0.6 is 11.5 Å². The maximum absolute atomic E-state index is 4.46. The molecule has 1 aromatic heterocycles. The quantitative estimate of drug-likeness (QED) is 0.881. The first-order chi connectivity index (χ1) is 8.28. The highest BCUT2D eigenvalue weighted by atomic mass is 32.1. The van der Waals surface area contributed by atoms with Gasteiger partial charge in [-0.05, 0) is 18.9 Å². The van der Waals surface area contributed by atoms with Gasteiger partial charge in [0.1, 0.15) is 5.82 Å². The van der Waals surface area contributed by atoms with Crippen molar-refractivity contribution < 1.29 is 0 Å². The second kappa shape index (κ2) is 5.77. The lowest BCUT2D eigenvalue weighted by Crippen LogP contribution is -1.99. The van der Waals surface area contributed by atoms with E-state index in [0.717, 1.165) is 30.3 Å². The number of hydrogen-bond donors (Lipinski definition) is 1.